The lowest BCUT2D eigenvalue weighted by molar-refractivity contribution is -0.274. The molecule has 3 aromatic heterocycles. The molecular formula is C24H21F3N4O2S. The van der Waals surface area contributed by atoms with Crippen molar-refractivity contribution in [2.45, 2.75) is 44.8 Å². The van der Waals surface area contributed by atoms with Gasteiger partial charge in [-0.25, -0.2) is 4.98 Å². The van der Waals surface area contributed by atoms with Crippen LogP contribution in [0.4, 0.5) is 13.2 Å². The molecule has 1 N–H and O–H groups in total. The average molecular weight is 487 g/mol. The number of aryl methyl sites for hydroxylation is 1. The third-order valence-corrected chi connectivity index (χ3v) is 7.08. The van der Waals surface area contributed by atoms with Crippen LogP contribution in [-0.4, -0.2) is 26.9 Å². The molecule has 0 saturated carbocycles. The Morgan fingerprint density at radius 1 is 1.18 bits per heavy atom. The molecule has 0 aliphatic heterocycles. The van der Waals surface area contributed by atoms with E-state index in [1.807, 2.05) is 12.1 Å². The number of benzene rings is 1. The van der Waals surface area contributed by atoms with Crippen LogP contribution < -0.4 is 15.6 Å². The van der Waals surface area contributed by atoms with Gasteiger partial charge in [0.1, 0.15) is 10.6 Å². The lowest BCUT2D eigenvalue weighted by Crippen LogP contribution is -2.34. The number of nitrogens with zero attached hydrogens (tertiary/aromatic N) is 3. The van der Waals surface area contributed by atoms with E-state index in [0.29, 0.717) is 30.3 Å². The van der Waals surface area contributed by atoms with E-state index in [0.717, 1.165) is 27.3 Å². The predicted molar refractivity (Wildman–Crippen MR) is 123 cm³/mol. The number of halogens is 3. The molecule has 176 valence electrons. The van der Waals surface area contributed by atoms with Crippen LogP contribution in [0.5, 0.6) is 5.75 Å². The third-order valence-electron chi connectivity index (χ3n) is 5.92. The van der Waals surface area contributed by atoms with Gasteiger partial charge in [-0.3, -0.25) is 14.3 Å². The number of pyridine rings is 1. The van der Waals surface area contributed by atoms with Crippen LogP contribution in [0.1, 0.15) is 28.0 Å². The maximum absolute atomic E-state index is 13.2. The van der Waals surface area contributed by atoms with Gasteiger partial charge in [-0.2, -0.15) is 0 Å². The molecule has 1 atom stereocenters. The Hall–Kier alpha value is -3.24. The van der Waals surface area contributed by atoms with Gasteiger partial charge in [0.2, 0.25) is 0 Å². The molecule has 34 heavy (non-hydrogen) atoms. The highest BCUT2D eigenvalue weighted by Gasteiger charge is 2.32. The number of nitrogens with one attached hydrogen (secondary N) is 1. The summed E-state index contributed by atoms with van der Waals surface area (Å²) in [5, 5.41) is 4.04. The van der Waals surface area contributed by atoms with Gasteiger partial charge in [-0.1, -0.05) is 18.2 Å². The van der Waals surface area contributed by atoms with Crippen molar-refractivity contribution in [2.24, 2.45) is 0 Å². The lowest BCUT2D eigenvalue weighted by atomic mass is 9.93. The Kier molecular flexibility index (Phi) is 6.09. The van der Waals surface area contributed by atoms with Gasteiger partial charge in [0, 0.05) is 35.4 Å². The van der Waals surface area contributed by atoms with Gasteiger partial charge in [-0.05, 0) is 48.6 Å². The van der Waals surface area contributed by atoms with Crippen molar-refractivity contribution in [1.82, 2.24) is 19.9 Å². The first-order chi connectivity index (χ1) is 16.4. The normalized spacial score (nSPS) is 15.9. The number of thiophene rings is 1. The van der Waals surface area contributed by atoms with Crippen LogP contribution in [-0.2, 0) is 25.9 Å². The minimum atomic E-state index is -4.73. The molecular weight excluding hydrogens is 465 g/mol. The molecule has 1 aliphatic rings. The summed E-state index contributed by atoms with van der Waals surface area (Å²) in [6.07, 6.45) is 2.43. The zero-order valence-electron chi connectivity index (χ0n) is 18.0. The number of fused-ring (bicyclic) bond motifs is 3. The summed E-state index contributed by atoms with van der Waals surface area (Å²) in [6.45, 7) is 0.687. The number of para-hydroxylation sites is 1. The van der Waals surface area contributed by atoms with E-state index in [-0.39, 0.29) is 23.9 Å². The summed E-state index contributed by atoms with van der Waals surface area (Å²) in [7, 11) is 0. The molecule has 0 amide bonds. The molecule has 4 aromatic rings. The molecule has 3 heterocycles. The van der Waals surface area contributed by atoms with Gasteiger partial charge >= 0.3 is 6.36 Å². The highest BCUT2D eigenvalue weighted by Crippen LogP contribution is 2.34. The minimum Gasteiger partial charge on any atom is -0.405 e. The van der Waals surface area contributed by atoms with Crippen molar-refractivity contribution in [2.75, 3.05) is 0 Å². The quantitative estimate of drug-likeness (QED) is 0.436. The van der Waals surface area contributed by atoms with Gasteiger partial charge in [0.15, 0.2) is 0 Å². The van der Waals surface area contributed by atoms with Crippen LogP contribution in [0.15, 0.2) is 59.9 Å². The second-order valence-corrected chi connectivity index (χ2v) is 9.28. The van der Waals surface area contributed by atoms with Crippen LogP contribution in [0.25, 0.3) is 10.2 Å². The van der Waals surface area contributed by atoms with Crippen LogP contribution in [0.3, 0.4) is 0 Å². The van der Waals surface area contributed by atoms with Gasteiger partial charge in [0.25, 0.3) is 5.56 Å². The van der Waals surface area contributed by atoms with Crippen molar-refractivity contribution < 1.29 is 17.9 Å². The highest BCUT2D eigenvalue weighted by atomic mass is 32.1. The first-order valence-corrected chi connectivity index (χ1v) is 11.6. The molecule has 0 saturated heterocycles. The largest absolute Gasteiger partial charge is 0.573 e. The SMILES string of the molecule is O=c1c2c3c(sc2ncn1Cc1ccncc1)CC(NCc1ccccc1OC(F)(F)F)CC3. The van der Waals surface area contributed by atoms with Gasteiger partial charge in [0.05, 0.1) is 18.3 Å². The first-order valence-electron chi connectivity index (χ1n) is 10.8. The monoisotopic (exact) mass is 486 g/mol. The highest BCUT2D eigenvalue weighted by molar-refractivity contribution is 7.18. The second kappa shape index (κ2) is 9.19. The van der Waals surface area contributed by atoms with Crippen molar-refractivity contribution in [3.8, 4) is 5.75 Å². The first kappa shape index (κ1) is 22.5. The van der Waals surface area contributed by atoms with E-state index >= 15 is 0 Å². The zero-order chi connectivity index (χ0) is 23.7. The second-order valence-electron chi connectivity index (χ2n) is 8.19. The Balaban J connectivity index is 1.32. The Morgan fingerprint density at radius 2 is 1.97 bits per heavy atom. The van der Waals surface area contributed by atoms with Gasteiger partial charge < -0.3 is 10.1 Å². The zero-order valence-corrected chi connectivity index (χ0v) is 18.8. The molecule has 1 unspecified atom stereocenters. The summed E-state index contributed by atoms with van der Waals surface area (Å²) >= 11 is 1.52. The van der Waals surface area contributed by atoms with E-state index in [1.54, 1.807) is 35.4 Å². The van der Waals surface area contributed by atoms with E-state index < -0.39 is 6.36 Å². The number of hydrogen-bond donors (Lipinski definition) is 1. The average Bonchev–Trinajstić information content (AvgIpc) is 3.18. The van der Waals surface area contributed by atoms with Gasteiger partial charge in [-0.15, -0.1) is 24.5 Å². The number of ether oxygens (including phenoxy) is 1. The molecule has 1 aliphatic carbocycles. The van der Waals surface area contributed by atoms with Crippen LogP contribution in [0, 0.1) is 0 Å². The van der Waals surface area contributed by atoms with E-state index in [4.69, 9.17) is 0 Å². The number of rotatable bonds is 6. The fourth-order valence-electron chi connectivity index (χ4n) is 4.30. The summed E-state index contributed by atoms with van der Waals surface area (Å²) in [5.41, 5.74) is 2.41. The molecule has 5 rings (SSSR count). The fraction of sp³-hybridized carbons (Fsp3) is 0.292. The van der Waals surface area contributed by atoms with Crippen molar-refractivity contribution in [3.63, 3.8) is 0 Å². The Morgan fingerprint density at radius 3 is 2.76 bits per heavy atom. The smallest absolute Gasteiger partial charge is 0.405 e. The van der Waals surface area contributed by atoms with Crippen LogP contribution >= 0.6 is 11.3 Å². The van der Waals surface area contributed by atoms with E-state index in [9.17, 15) is 18.0 Å². The van der Waals surface area contributed by atoms with E-state index in [1.165, 1.54) is 23.5 Å². The predicted octanol–water partition coefficient (Wildman–Crippen LogP) is 4.45. The molecule has 1 aromatic carbocycles. The third kappa shape index (κ3) is 4.83. The summed E-state index contributed by atoms with van der Waals surface area (Å²) in [6, 6.07) is 9.96. The summed E-state index contributed by atoms with van der Waals surface area (Å²) in [5.74, 6) is -0.195. The molecule has 0 radical (unpaired) electrons. The van der Waals surface area contributed by atoms with Crippen LogP contribution in [0.2, 0.25) is 0 Å². The summed E-state index contributed by atoms with van der Waals surface area (Å²) in [4.78, 5) is 23.6. The van der Waals surface area contributed by atoms with Crippen molar-refractivity contribution >= 4 is 21.6 Å². The molecule has 6 nitrogen and oxygen atoms in total. The standard InChI is InChI=1S/C24H21F3N4O2S/c25-24(26,27)33-19-4-2-1-3-16(19)12-29-17-5-6-18-20(11-17)34-22-21(18)23(32)31(14-30-22)13-15-7-9-28-10-8-15/h1-4,7-10,14,17,29H,5-6,11-13H2. The molecule has 0 spiro atoms. The van der Waals surface area contributed by atoms with Crippen molar-refractivity contribution in [3.05, 3.63) is 87.0 Å². The lowest BCUT2D eigenvalue weighted by Gasteiger charge is -2.24. The Labute approximate surface area is 197 Å². The number of aromatic nitrogens is 3. The number of alkyl halides is 3. The maximum Gasteiger partial charge on any atom is 0.573 e. The fourth-order valence-corrected chi connectivity index (χ4v) is 5.56. The topological polar surface area (TPSA) is 69.0 Å². The summed E-state index contributed by atoms with van der Waals surface area (Å²) < 4.78 is 43.8. The maximum atomic E-state index is 13.2. The molecule has 10 heteroatoms. The van der Waals surface area contributed by atoms with Crippen molar-refractivity contribution in [1.29, 1.82) is 0 Å². The molecule has 0 fully saturated rings. The molecule has 0 bridgehead atoms. The minimum absolute atomic E-state index is 0.0519. The van der Waals surface area contributed by atoms with E-state index in [2.05, 4.69) is 20.0 Å². The Bertz CT molecular complexity index is 1370. The number of hydrogen-bond acceptors (Lipinski definition) is 6.